The van der Waals surface area contributed by atoms with E-state index in [-0.39, 0.29) is 0 Å². The summed E-state index contributed by atoms with van der Waals surface area (Å²) in [7, 11) is 0. The third kappa shape index (κ3) is 2.43. The van der Waals surface area contributed by atoms with Crippen LogP contribution in [0.3, 0.4) is 0 Å². The molecule has 1 heterocycles. The average Bonchev–Trinajstić information content (AvgIpc) is 2.68. The molecule has 0 atom stereocenters. The second kappa shape index (κ2) is 5.15. The molecule has 1 aromatic carbocycles. The molecule has 0 saturated heterocycles. The summed E-state index contributed by atoms with van der Waals surface area (Å²) < 4.78 is 5.22. The molecule has 0 unspecified atom stereocenters. The van der Waals surface area contributed by atoms with E-state index >= 15 is 0 Å². The fourth-order valence-electron chi connectivity index (χ4n) is 1.30. The van der Waals surface area contributed by atoms with Gasteiger partial charge in [0, 0.05) is 5.75 Å². The molecule has 0 N–H and O–H groups in total. The summed E-state index contributed by atoms with van der Waals surface area (Å²) in [5, 5.41) is 8.99. The van der Waals surface area contributed by atoms with Gasteiger partial charge in [-0.2, -0.15) is 9.64 Å². The number of nitrogens with zero attached hydrogens (tertiary/aromatic N) is 2. The smallest absolute Gasteiger partial charge is 0.103 e. The van der Waals surface area contributed by atoms with Crippen molar-refractivity contribution in [2.75, 3.05) is 0 Å². The van der Waals surface area contributed by atoms with Gasteiger partial charge in [-0.15, -0.1) is 11.8 Å². The van der Waals surface area contributed by atoms with Gasteiger partial charge in [0.15, 0.2) is 0 Å². The Hall–Kier alpha value is -1.31. The first-order chi connectivity index (χ1) is 7.81. The number of rotatable bonds is 3. The number of thioether (sulfide) groups is 1. The van der Waals surface area contributed by atoms with Gasteiger partial charge in [0.05, 0.1) is 15.5 Å². The highest BCUT2D eigenvalue weighted by Gasteiger charge is 2.10. The fourth-order valence-corrected chi connectivity index (χ4v) is 3.22. The van der Waals surface area contributed by atoms with Crippen LogP contribution in [0.4, 0.5) is 0 Å². The van der Waals surface area contributed by atoms with Crippen LogP contribution in [0.5, 0.6) is 0 Å². The number of hydrogen-bond acceptors (Lipinski definition) is 4. The first-order valence-electron chi connectivity index (χ1n) is 4.84. The van der Waals surface area contributed by atoms with Crippen molar-refractivity contribution in [2.24, 2.45) is 0 Å². The van der Waals surface area contributed by atoms with Crippen molar-refractivity contribution < 1.29 is 0 Å². The maximum Gasteiger partial charge on any atom is 0.103 e. The molecule has 80 valence electrons. The number of hydrogen-bond donors (Lipinski definition) is 0. The Bertz CT molecular complexity index is 512. The molecule has 0 bridgehead atoms. The normalized spacial score (nSPS) is 10.0. The minimum Gasteiger partial charge on any atom is -0.195 e. The molecule has 0 aliphatic heterocycles. The second-order valence-corrected chi connectivity index (χ2v) is 5.33. The van der Waals surface area contributed by atoms with Crippen LogP contribution >= 0.6 is 23.3 Å². The standard InChI is InChI=1S/C12H10N2S2/c1-9-11(7-13)12(16-14-9)15-8-10-5-3-2-4-6-10/h2-6H,8H2,1H3. The summed E-state index contributed by atoms with van der Waals surface area (Å²) >= 11 is 3.09. The maximum atomic E-state index is 8.99. The van der Waals surface area contributed by atoms with Crippen molar-refractivity contribution in [2.45, 2.75) is 16.9 Å². The minimum absolute atomic E-state index is 0.728. The summed E-state index contributed by atoms with van der Waals surface area (Å²) in [5.41, 5.74) is 2.83. The largest absolute Gasteiger partial charge is 0.195 e. The van der Waals surface area contributed by atoms with E-state index in [2.05, 4.69) is 22.6 Å². The predicted octanol–water partition coefficient (Wildman–Crippen LogP) is 3.62. The zero-order valence-corrected chi connectivity index (χ0v) is 10.4. The van der Waals surface area contributed by atoms with Crippen molar-refractivity contribution in [1.82, 2.24) is 4.37 Å². The van der Waals surface area contributed by atoms with Gasteiger partial charge in [0.25, 0.3) is 0 Å². The highest BCUT2D eigenvalue weighted by Crippen LogP contribution is 2.31. The summed E-state index contributed by atoms with van der Waals surface area (Å²) in [4.78, 5) is 0. The Morgan fingerprint density at radius 2 is 2.12 bits per heavy atom. The van der Waals surface area contributed by atoms with E-state index in [9.17, 15) is 0 Å². The van der Waals surface area contributed by atoms with Gasteiger partial charge >= 0.3 is 0 Å². The molecule has 2 nitrogen and oxygen atoms in total. The molecule has 16 heavy (non-hydrogen) atoms. The number of aromatic nitrogens is 1. The summed E-state index contributed by atoms with van der Waals surface area (Å²) in [6.45, 7) is 1.88. The molecular formula is C12H10N2S2. The number of nitriles is 1. The molecule has 2 aromatic rings. The summed E-state index contributed by atoms with van der Waals surface area (Å²) in [5.74, 6) is 0.886. The molecular weight excluding hydrogens is 236 g/mol. The molecule has 0 aliphatic carbocycles. The predicted molar refractivity (Wildman–Crippen MR) is 67.6 cm³/mol. The van der Waals surface area contributed by atoms with Crippen molar-refractivity contribution in [3.8, 4) is 6.07 Å². The van der Waals surface area contributed by atoms with Crippen LogP contribution in [-0.4, -0.2) is 4.37 Å². The van der Waals surface area contributed by atoms with Gasteiger partial charge in [-0.1, -0.05) is 30.3 Å². The molecule has 0 radical (unpaired) electrons. The van der Waals surface area contributed by atoms with Gasteiger partial charge in [0.2, 0.25) is 0 Å². The highest BCUT2D eigenvalue weighted by atomic mass is 32.2. The quantitative estimate of drug-likeness (QED) is 0.776. The Kier molecular flexibility index (Phi) is 3.60. The van der Waals surface area contributed by atoms with Crippen LogP contribution in [0.15, 0.2) is 34.5 Å². The van der Waals surface area contributed by atoms with E-state index in [0.29, 0.717) is 0 Å². The van der Waals surface area contributed by atoms with Gasteiger partial charge in [-0.25, -0.2) is 0 Å². The zero-order chi connectivity index (χ0) is 11.4. The van der Waals surface area contributed by atoms with Crippen molar-refractivity contribution in [3.05, 3.63) is 47.2 Å². The van der Waals surface area contributed by atoms with Gasteiger partial charge in [0.1, 0.15) is 6.07 Å². The molecule has 0 saturated carbocycles. The Morgan fingerprint density at radius 3 is 2.81 bits per heavy atom. The lowest BCUT2D eigenvalue weighted by Crippen LogP contribution is -1.80. The SMILES string of the molecule is Cc1nsc(SCc2ccccc2)c1C#N. The summed E-state index contributed by atoms with van der Waals surface area (Å²) in [6.07, 6.45) is 0. The van der Waals surface area contributed by atoms with Crippen molar-refractivity contribution >= 4 is 23.3 Å². The minimum atomic E-state index is 0.728. The van der Waals surface area contributed by atoms with E-state index in [0.717, 1.165) is 21.2 Å². The van der Waals surface area contributed by atoms with Gasteiger partial charge in [-0.3, -0.25) is 0 Å². The van der Waals surface area contributed by atoms with Crippen LogP contribution in [0.1, 0.15) is 16.8 Å². The first-order valence-corrected chi connectivity index (χ1v) is 6.60. The molecule has 0 spiro atoms. The number of benzene rings is 1. The fraction of sp³-hybridized carbons (Fsp3) is 0.167. The van der Waals surface area contributed by atoms with Crippen LogP contribution in [0.2, 0.25) is 0 Å². The van der Waals surface area contributed by atoms with Gasteiger partial charge < -0.3 is 0 Å². The van der Waals surface area contributed by atoms with E-state index in [1.165, 1.54) is 17.1 Å². The van der Waals surface area contributed by atoms with Gasteiger partial charge in [-0.05, 0) is 24.0 Å². The Morgan fingerprint density at radius 1 is 1.38 bits per heavy atom. The Balaban J connectivity index is 2.09. The number of aryl methyl sites for hydroxylation is 1. The lowest BCUT2D eigenvalue weighted by molar-refractivity contribution is 1.29. The van der Waals surface area contributed by atoms with Crippen LogP contribution in [0.25, 0.3) is 0 Å². The topological polar surface area (TPSA) is 36.7 Å². The zero-order valence-electron chi connectivity index (χ0n) is 8.80. The monoisotopic (exact) mass is 246 g/mol. The molecule has 2 rings (SSSR count). The molecule has 1 aromatic heterocycles. The van der Waals surface area contributed by atoms with Crippen LogP contribution in [0, 0.1) is 18.3 Å². The van der Waals surface area contributed by atoms with Crippen LogP contribution in [-0.2, 0) is 5.75 Å². The van der Waals surface area contributed by atoms with E-state index in [4.69, 9.17) is 5.26 Å². The molecule has 0 aliphatic rings. The van der Waals surface area contributed by atoms with Crippen molar-refractivity contribution in [1.29, 1.82) is 5.26 Å². The Labute approximate surface area is 103 Å². The highest BCUT2D eigenvalue weighted by molar-refractivity contribution is 8.00. The molecule has 0 amide bonds. The molecule has 0 fully saturated rings. The third-order valence-electron chi connectivity index (χ3n) is 2.16. The lowest BCUT2D eigenvalue weighted by Gasteiger charge is -1.98. The maximum absolute atomic E-state index is 8.99. The van der Waals surface area contributed by atoms with E-state index in [1.54, 1.807) is 11.8 Å². The lowest BCUT2D eigenvalue weighted by atomic mass is 10.2. The van der Waals surface area contributed by atoms with E-state index in [1.807, 2.05) is 25.1 Å². The van der Waals surface area contributed by atoms with E-state index < -0.39 is 0 Å². The first kappa shape index (κ1) is 11.2. The third-order valence-corrected chi connectivity index (χ3v) is 4.41. The van der Waals surface area contributed by atoms with Crippen LogP contribution < -0.4 is 0 Å². The average molecular weight is 246 g/mol. The van der Waals surface area contributed by atoms with Crippen molar-refractivity contribution in [3.63, 3.8) is 0 Å². The second-order valence-electron chi connectivity index (χ2n) is 3.32. The summed E-state index contributed by atoms with van der Waals surface area (Å²) in [6, 6.07) is 12.4. The molecule has 4 heteroatoms.